The Labute approximate surface area is 352 Å². The van der Waals surface area contributed by atoms with E-state index in [4.69, 9.17) is 19.4 Å². The highest BCUT2D eigenvalue weighted by atomic mass is 16.3. The highest BCUT2D eigenvalue weighted by molar-refractivity contribution is 6.25. The van der Waals surface area contributed by atoms with Gasteiger partial charge < -0.3 is 4.42 Å². The molecule has 284 valence electrons. The maximum atomic E-state index is 6.49. The number of furan rings is 1. The second kappa shape index (κ2) is 14.3. The molecule has 0 amide bonds. The molecule has 0 saturated heterocycles. The first-order chi connectivity index (χ1) is 30.2. The predicted molar refractivity (Wildman–Crippen MR) is 252 cm³/mol. The van der Waals surface area contributed by atoms with Crippen molar-refractivity contribution in [1.82, 2.24) is 15.0 Å². The third-order valence-corrected chi connectivity index (χ3v) is 11.9. The zero-order chi connectivity index (χ0) is 40.3. The van der Waals surface area contributed by atoms with Crippen molar-refractivity contribution in [3.63, 3.8) is 0 Å². The number of hydrogen-bond acceptors (Lipinski definition) is 4. The second-order valence-corrected chi connectivity index (χ2v) is 15.5. The molecule has 0 aliphatic carbocycles. The van der Waals surface area contributed by atoms with Gasteiger partial charge in [-0.2, -0.15) is 0 Å². The molecule has 0 N–H and O–H groups in total. The molecule has 0 saturated carbocycles. The first-order valence-electron chi connectivity index (χ1n) is 20.6. The van der Waals surface area contributed by atoms with Crippen molar-refractivity contribution < 1.29 is 4.42 Å². The van der Waals surface area contributed by atoms with Crippen LogP contribution in [0, 0.1) is 0 Å². The molecule has 4 nitrogen and oxygen atoms in total. The molecule has 12 rings (SSSR count). The highest BCUT2D eigenvalue weighted by Crippen LogP contribution is 2.41. The topological polar surface area (TPSA) is 51.8 Å². The van der Waals surface area contributed by atoms with Gasteiger partial charge in [-0.05, 0) is 96.0 Å². The molecule has 0 aliphatic heterocycles. The lowest BCUT2D eigenvalue weighted by molar-refractivity contribution is 0.669. The van der Waals surface area contributed by atoms with Crippen LogP contribution >= 0.6 is 0 Å². The van der Waals surface area contributed by atoms with Crippen molar-refractivity contribution in [1.29, 1.82) is 0 Å². The van der Waals surface area contributed by atoms with Crippen LogP contribution in [0.5, 0.6) is 0 Å². The lowest BCUT2D eigenvalue weighted by Crippen LogP contribution is -2.00. The maximum absolute atomic E-state index is 6.49. The second-order valence-electron chi connectivity index (χ2n) is 15.5. The minimum atomic E-state index is 0.620. The normalized spacial score (nSPS) is 11.6. The van der Waals surface area contributed by atoms with Crippen LogP contribution in [0.3, 0.4) is 0 Å². The summed E-state index contributed by atoms with van der Waals surface area (Å²) >= 11 is 0. The van der Waals surface area contributed by atoms with Crippen LogP contribution in [0.2, 0.25) is 0 Å². The molecule has 12 aromatic rings. The van der Waals surface area contributed by atoms with Crippen LogP contribution < -0.4 is 0 Å². The Hall–Kier alpha value is -8.21. The molecule has 0 unspecified atom stereocenters. The van der Waals surface area contributed by atoms with Crippen LogP contribution in [0.1, 0.15) is 0 Å². The monoisotopic (exact) mass is 777 g/mol. The van der Waals surface area contributed by atoms with E-state index < -0.39 is 0 Å². The van der Waals surface area contributed by atoms with Crippen LogP contribution in [0.25, 0.3) is 122 Å². The summed E-state index contributed by atoms with van der Waals surface area (Å²) in [5, 5.41) is 9.85. The SMILES string of the molecule is c1ccc(-c2nc(-c3ccccc3)nc(-c3cccc(-c4cccc5oc6ccc(-c7ccc(-c8ccc9c%10ccccc%10c%10ccccc%10c9c8)cc7)cc6c45)c3)n2)cc1. The summed E-state index contributed by atoms with van der Waals surface area (Å²) in [5.74, 6) is 1.89. The standard InChI is InChI=1S/C57H35N3O/c1-3-13-38(14-4-1)55-58-56(39-15-5-2-6-16-39)60-57(59-55)43-18-11-17-42(33-43)44-23-12-24-53-54(44)51-35-41(30-32-52(51)61-53)37-27-25-36(26-28-37)40-29-31-49-47-21-8-7-19-45(47)46-20-9-10-22-48(46)50(49)34-40/h1-35H. The number of benzene rings is 10. The number of hydrogen-bond donors (Lipinski definition) is 0. The molecule has 0 aliphatic rings. The van der Waals surface area contributed by atoms with Crippen molar-refractivity contribution in [2.45, 2.75) is 0 Å². The number of fused-ring (bicyclic) bond motifs is 9. The number of aromatic nitrogens is 3. The average Bonchev–Trinajstić information content (AvgIpc) is 3.73. The first kappa shape index (κ1) is 34.8. The van der Waals surface area contributed by atoms with Crippen LogP contribution in [-0.2, 0) is 0 Å². The molecule has 0 fully saturated rings. The third kappa shape index (κ3) is 6.04. The lowest BCUT2D eigenvalue weighted by Gasteiger charge is -2.12. The third-order valence-electron chi connectivity index (χ3n) is 11.9. The van der Waals surface area contributed by atoms with E-state index in [1.807, 2.05) is 60.7 Å². The van der Waals surface area contributed by atoms with E-state index >= 15 is 0 Å². The molecule has 2 aromatic heterocycles. The van der Waals surface area contributed by atoms with E-state index in [0.717, 1.165) is 60.9 Å². The lowest BCUT2D eigenvalue weighted by atomic mass is 9.91. The van der Waals surface area contributed by atoms with Gasteiger partial charge in [0.05, 0.1) is 0 Å². The fourth-order valence-corrected chi connectivity index (χ4v) is 8.95. The Balaban J connectivity index is 0.921. The molecular formula is C57H35N3O. The van der Waals surface area contributed by atoms with E-state index in [0.29, 0.717) is 17.5 Å². The van der Waals surface area contributed by atoms with Gasteiger partial charge in [-0.25, -0.2) is 15.0 Å². The van der Waals surface area contributed by atoms with Gasteiger partial charge in [-0.3, -0.25) is 0 Å². The zero-order valence-corrected chi connectivity index (χ0v) is 33.0. The average molecular weight is 778 g/mol. The van der Waals surface area contributed by atoms with Gasteiger partial charge in [0.1, 0.15) is 11.2 Å². The summed E-state index contributed by atoms with van der Waals surface area (Å²) in [6, 6.07) is 74.7. The van der Waals surface area contributed by atoms with Gasteiger partial charge in [0.2, 0.25) is 0 Å². The summed E-state index contributed by atoms with van der Waals surface area (Å²) in [5.41, 5.74) is 11.3. The Bertz CT molecular complexity index is 3540. The molecule has 2 heterocycles. The Morgan fingerprint density at radius 1 is 0.246 bits per heavy atom. The van der Waals surface area contributed by atoms with Crippen LogP contribution in [-0.4, -0.2) is 15.0 Å². The molecule has 0 spiro atoms. The van der Waals surface area contributed by atoms with E-state index in [9.17, 15) is 0 Å². The predicted octanol–water partition coefficient (Wildman–Crippen LogP) is 15.2. The Morgan fingerprint density at radius 3 is 1.30 bits per heavy atom. The summed E-state index contributed by atoms with van der Waals surface area (Å²) in [6.07, 6.45) is 0. The van der Waals surface area contributed by atoms with Gasteiger partial charge in [-0.1, -0.05) is 182 Å². The van der Waals surface area contributed by atoms with Crippen LogP contribution in [0.15, 0.2) is 217 Å². The van der Waals surface area contributed by atoms with Gasteiger partial charge in [0, 0.05) is 27.5 Å². The van der Waals surface area contributed by atoms with Crippen molar-refractivity contribution in [3.05, 3.63) is 212 Å². The molecule has 4 heteroatoms. The quantitative estimate of drug-likeness (QED) is 0.158. The van der Waals surface area contributed by atoms with Crippen molar-refractivity contribution in [2.24, 2.45) is 0 Å². The first-order valence-corrected chi connectivity index (χ1v) is 20.6. The Morgan fingerprint density at radius 2 is 0.689 bits per heavy atom. The van der Waals surface area contributed by atoms with Gasteiger partial charge in [0.15, 0.2) is 17.5 Å². The molecular weight excluding hydrogens is 743 g/mol. The smallest absolute Gasteiger partial charge is 0.164 e. The molecule has 61 heavy (non-hydrogen) atoms. The van der Waals surface area contributed by atoms with E-state index in [-0.39, 0.29) is 0 Å². The van der Waals surface area contributed by atoms with Crippen LogP contribution in [0.4, 0.5) is 0 Å². The molecule has 0 radical (unpaired) electrons. The van der Waals surface area contributed by atoms with E-state index in [1.54, 1.807) is 0 Å². The summed E-state index contributed by atoms with van der Waals surface area (Å²) < 4.78 is 6.49. The number of nitrogens with zero attached hydrogens (tertiary/aromatic N) is 3. The fraction of sp³-hybridized carbons (Fsp3) is 0. The molecule has 0 atom stereocenters. The molecule has 0 bridgehead atoms. The summed E-state index contributed by atoms with van der Waals surface area (Å²) in [6.45, 7) is 0. The van der Waals surface area contributed by atoms with Gasteiger partial charge in [-0.15, -0.1) is 0 Å². The van der Waals surface area contributed by atoms with Crippen molar-refractivity contribution in [3.8, 4) is 67.5 Å². The van der Waals surface area contributed by atoms with Gasteiger partial charge >= 0.3 is 0 Å². The van der Waals surface area contributed by atoms with Crippen molar-refractivity contribution >= 4 is 54.3 Å². The zero-order valence-electron chi connectivity index (χ0n) is 33.0. The molecule has 10 aromatic carbocycles. The highest BCUT2D eigenvalue weighted by Gasteiger charge is 2.17. The van der Waals surface area contributed by atoms with E-state index in [2.05, 4.69) is 152 Å². The minimum absolute atomic E-state index is 0.620. The van der Waals surface area contributed by atoms with Gasteiger partial charge in [0.25, 0.3) is 0 Å². The summed E-state index contributed by atoms with van der Waals surface area (Å²) in [4.78, 5) is 14.9. The maximum Gasteiger partial charge on any atom is 0.164 e. The van der Waals surface area contributed by atoms with Crippen molar-refractivity contribution in [2.75, 3.05) is 0 Å². The fourth-order valence-electron chi connectivity index (χ4n) is 8.95. The Kier molecular flexibility index (Phi) is 8.13. The summed E-state index contributed by atoms with van der Waals surface area (Å²) in [7, 11) is 0. The largest absolute Gasteiger partial charge is 0.456 e. The number of rotatable bonds is 6. The van der Waals surface area contributed by atoms with E-state index in [1.165, 1.54) is 43.4 Å². The minimum Gasteiger partial charge on any atom is -0.456 e.